The third-order valence-corrected chi connectivity index (χ3v) is 6.78. The van der Waals surface area contributed by atoms with Gasteiger partial charge in [-0.1, -0.05) is 92.4 Å². The molecular formula is C34H38O5. The van der Waals surface area contributed by atoms with E-state index in [0.29, 0.717) is 13.2 Å². The number of fused-ring (bicyclic) bond motifs is 2. The van der Waals surface area contributed by atoms with Crippen LogP contribution in [0, 0.1) is 0 Å². The molecule has 0 aromatic heterocycles. The van der Waals surface area contributed by atoms with Gasteiger partial charge in [-0.15, -0.1) is 0 Å². The molecule has 0 bridgehead atoms. The Morgan fingerprint density at radius 1 is 0.513 bits per heavy atom. The molecule has 0 unspecified atom stereocenters. The van der Waals surface area contributed by atoms with Crippen LogP contribution in [0.15, 0.2) is 84.9 Å². The van der Waals surface area contributed by atoms with E-state index in [9.17, 15) is 9.59 Å². The predicted octanol–water partition coefficient (Wildman–Crippen LogP) is 8.42. The number of hydrogen-bond donors (Lipinski definition) is 0. The summed E-state index contributed by atoms with van der Waals surface area (Å²) in [6.07, 6.45) is 7.60. The van der Waals surface area contributed by atoms with Gasteiger partial charge in [0.05, 0.1) is 13.2 Å². The van der Waals surface area contributed by atoms with Gasteiger partial charge in [0.2, 0.25) is 0 Å². The fraction of sp³-hybridized carbons (Fsp3) is 0.353. The number of ether oxygens (including phenoxy) is 3. The fourth-order valence-corrected chi connectivity index (χ4v) is 4.63. The van der Waals surface area contributed by atoms with E-state index in [-0.39, 0.29) is 12.8 Å². The molecular weight excluding hydrogens is 488 g/mol. The smallest absolute Gasteiger partial charge is 0.313 e. The second-order valence-corrected chi connectivity index (χ2v) is 9.86. The van der Waals surface area contributed by atoms with E-state index >= 15 is 0 Å². The number of esters is 2. The number of rotatable bonds is 16. The molecule has 5 nitrogen and oxygen atoms in total. The molecule has 0 N–H and O–H groups in total. The second kappa shape index (κ2) is 15.5. The van der Waals surface area contributed by atoms with E-state index in [4.69, 9.17) is 14.2 Å². The van der Waals surface area contributed by atoms with Crippen LogP contribution in [0.25, 0.3) is 21.5 Å². The van der Waals surface area contributed by atoms with Gasteiger partial charge >= 0.3 is 11.9 Å². The molecule has 0 saturated heterocycles. The maximum Gasteiger partial charge on any atom is 0.313 e. The zero-order chi connectivity index (χ0) is 27.1. The van der Waals surface area contributed by atoms with E-state index in [1.165, 1.54) is 16.2 Å². The van der Waals surface area contributed by atoms with Crippen LogP contribution in [-0.2, 0) is 14.3 Å². The number of hydrogen-bond acceptors (Lipinski definition) is 5. The molecule has 0 atom stereocenters. The predicted molar refractivity (Wildman–Crippen MR) is 156 cm³/mol. The normalized spacial score (nSPS) is 11.0. The average Bonchev–Trinajstić information content (AvgIpc) is 2.96. The summed E-state index contributed by atoms with van der Waals surface area (Å²) in [5, 5.41) is 4.67. The van der Waals surface area contributed by atoms with Crippen molar-refractivity contribution in [1.29, 1.82) is 0 Å². The Morgan fingerprint density at radius 3 is 1.85 bits per heavy atom. The first-order chi connectivity index (χ1) is 19.2. The van der Waals surface area contributed by atoms with Gasteiger partial charge in [0.1, 0.15) is 11.5 Å². The highest BCUT2D eigenvalue weighted by atomic mass is 16.6. The van der Waals surface area contributed by atoms with Gasteiger partial charge in [-0.3, -0.25) is 9.59 Å². The van der Waals surface area contributed by atoms with Crippen LogP contribution in [-0.4, -0.2) is 25.2 Å². The Hall–Kier alpha value is -3.86. The monoisotopic (exact) mass is 526 g/mol. The van der Waals surface area contributed by atoms with Gasteiger partial charge in [0.25, 0.3) is 0 Å². The van der Waals surface area contributed by atoms with Crippen molar-refractivity contribution < 1.29 is 23.8 Å². The molecule has 0 aliphatic rings. The summed E-state index contributed by atoms with van der Waals surface area (Å²) in [7, 11) is 0. The Kier molecular flexibility index (Phi) is 11.2. The maximum absolute atomic E-state index is 12.0. The summed E-state index contributed by atoms with van der Waals surface area (Å²) in [4.78, 5) is 23.9. The topological polar surface area (TPSA) is 61.8 Å². The minimum absolute atomic E-state index is 0.280. The number of carbonyl (C=O) groups is 2. The van der Waals surface area contributed by atoms with Gasteiger partial charge in [0, 0.05) is 18.2 Å². The van der Waals surface area contributed by atoms with Crippen molar-refractivity contribution >= 4 is 33.5 Å². The van der Waals surface area contributed by atoms with Gasteiger partial charge in [-0.25, -0.2) is 0 Å². The van der Waals surface area contributed by atoms with Crippen LogP contribution in [0.3, 0.4) is 0 Å². The van der Waals surface area contributed by atoms with E-state index < -0.39 is 11.9 Å². The number of carbonyl (C=O) groups excluding carboxylic acids is 2. The molecule has 5 heteroatoms. The van der Waals surface area contributed by atoms with Crippen molar-refractivity contribution in [2.75, 3.05) is 13.2 Å². The van der Waals surface area contributed by atoms with E-state index in [0.717, 1.165) is 68.3 Å². The highest BCUT2D eigenvalue weighted by molar-refractivity contribution is 5.88. The van der Waals surface area contributed by atoms with Crippen LogP contribution in [0.4, 0.5) is 0 Å². The molecule has 4 rings (SSSR count). The molecule has 4 aromatic rings. The summed E-state index contributed by atoms with van der Waals surface area (Å²) < 4.78 is 16.8. The van der Waals surface area contributed by atoms with Gasteiger partial charge < -0.3 is 14.2 Å². The molecule has 0 spiro atoms. The highest BCUT2D eigenvalue weighted by Crippen LogP contribution is 2.25. The molecule has 0 radical (unpaired) electrons. The minimum Gasteiger partial charge on any atom is -0.494 e. The zero-order valence-electron chi connectivity index (χ0n) is 22.6. The Morgan fingerprint density at radius 2 is 1.10 bits per heavy atom. The lowest BCUT2D eigenvalue weighted by Crippen LogP contribution is -2.12. The van der Waals surface area contributed by atoms with Crippen molar-refractivity contribution in [3.8, 4) is 11.5 Å². The Balaban J connectivity index is 0.969. The molecule has 0 fully saturated rings. The fourth-order valence-electron chi connectivity index (χ4n) is 4.63. The molecule has 204 valence electrons. The van der Waals surface area contributed by atoms with Gasteiger partial charge in [-0.05, 0) is 60.0 Å². The van der Waals surface area contributed by atoms with E-state index in [1.807, 2.05) is 42.5 Å². The lowest BCUT2D eigenvalue weighted by atomic mass is 10.1. The molecule has 39 heavy (non-hydrogen) atoms. The van der Waals surface area contributed by atoms with Crippen molar-refractivity contribution in [1.82, 2.24) is 0 Å². The van der Waals surface area contributed by atoms with Crippen molar-refractivity contribution in [2.24, 2.45) is 0 Å². The lowest BCUT2D eigenvalue weighted by molar-refractivity contribution is -0.159. The lowest BCUT2D eigenvalue weighted by Gasteiger charge is -2.09. The Labute approximate surface area is 231 Å². The van der Waals surface area contributed by atoms with Crippen molar-refractivity contribution in [3.63, 3.8) is 0 Å². The van der Waals surface area contributed by atoms with E-state index in [2.05, 4.69) is 42.5 Å². The first kappa shape index (κ1) is 28.2. The third kappa shape index (κ3) is 9.43. The van der Waals surface area contributed by atoms with Crippen molar-refractivity contribution in [3.05, 3.63) is 84.9 Å². The summed E-state index contributed by atoms with van der Waals surface area (Å²) >= 11 is 0. The van der Waals surface area contributed by atoms with Crippen LogP contribution >= 0.6 is 0 Å². The first-order valence-electron chi connectivity index (χ1n) is 14.1. The van der Waals surface area contributed by atoms with Gasteiger partial charge in [-0.2, -0.15) is 0 Å². The second-order valence-electron chi connectivity index (χ2n) is 9.86. The largest absolute Gasteiger partial charge is 0.494 e. The third-order valence-electron chi connectivity index (χ3n) is 6.78. The first-order valence-corrected chi connectivity index (χ1v) is 14.1. The standard InChI is InChI=1S/C34H38O5/c35-33(20-5-1-3-11-24-37-30-23-22-27-14-7-8-16-29(27)26-30)39-34(36)21-6-2-4-12-25-38-32-19-13-17-28-15-9-10-18-31(28)32/h7-10,13-19,22-23,26H,1-6,11-12,20-21,24-25H2. The molecule has 0 saturated carbocycles. The molecule has 0 heterocycles. The Bertz CT molecular complexity index is 1340. The maximum atomic E-state index is 12.0. The zero-order valence-corrected chi connectivity index (χ0v) is 22.6. The van der Waals surface area contributed by atoms with Crippen molar-refractivity contribution in [2.45, 2.75) is 64.2 Å². The van der Waals surface area contributed by atoms with Crippen LogP contribution < -0.4 is 9.47 Å². The summed E-state index contributed by atoms with van der Waals surface area (Å²) in [5.74, 6) is 0.946. The molecule has 0 amide bonds. The minimum atomic E-state index is -0.421. The average molecular weight is 527 g/mol. The molecule has 0 aliphatic carbocycles. The van der Waals surface area contributed by atoms with E-state index in [1.54, 1.807) is 0 Å². The SMILES string of the molecule is O=C(CCCCCCOc1ccc2ccccc2c1)OC(=O)CCCCCCOc1cccc2ccccc12. The van der Waals surface area contributed by atoms with Crippen LogP contribution in [0.5, 0.6) is 11.5 Å². The number of benzene rings is 4. The highest BCUT2D eigenvalue weighted by Gasteiger charge is 2.10. The van der Waals surface area contributed by atoms with Crippen LogP contribution in [0.1, 0.15) is 64.2 Å². The summed E-state index contributed by atoms with van der Waals surface area (Å²) in [5.41, 5.74) is 0. The summed E-state index contributed by atoms with van der Waals surface area (Å²) in [6.45, 7) is 1.29. The quantitative estimate of drug-likeness (QED) is 0.0833. The molecule has 4 aromatic carbocycles. The van der Waals surface area contributed by atoms with Crippen LogP contribution in [0.2, 0.25) is 0 Å². The van der Waals surface area contributed by atoms with Gasteiger partial charge in [0.15, 0.2) is 0 Å². The summed E-state index contributed by atoms with van der Waals surface area (Å²) in [6, 6.07) is 28.6. The molecule has 0 aliphatic heterocycles. The number of unbranched alkanes of at least 4 members (excludes halogenated alkanes) is 6.